The Morgan fingerprint density at radius 1 is 1.14 bits per heavy atom. The Balaban J connectivity index is -0.000000159. The third kappa shape index (κ3) is 12.9. The van der Waals surface area contributed by atoms with E-state index in [1.807, 2.05) is 19.0 Å². The van der Waals surface area contributed by atoms with Gasteiger partial charge in [0.1, 0.15) is 0 Å². The van der Waals surface area contributed by atoms with Gasteiger partial charge in [-0.3, -0.25) is 6.08 Å². The molecule has 4 heteroatoms. The second-order valence-corrected chi connectivity index (χ2v) is 5.45. The Labute approximate surface area is 160 Å². The molecular formula is C17H33Cl2NTi. The van der Waals surface area contributed by atoms with Crippen LogP contribution in [0.2, 0.25) is 0 Å². The van der Waals surface area contributed by atoms with Crippen LogP contribution < -0.4 is 0 Å². The second kappa shape index (κ2) is 17.1. The Hall–Kier alpha value is 0.734. The van der Waals surface area contributed by atoms with E-state index in [-0.39, 0.29) is 46.5 Å². The summed E-state index contributed by atoms with van der Waals surface area (Å²) in [5.41, 5.74) is 3.02. The fraction of sp³-hybridized carbons (Fsp3) is 0.706. The van der Waals surface area contributed by atoms with Gasteiger partial charge in [0.15, 0.2) is 0 Å². The van der Waals surface area contributed by atoms with Crippen molar-refractivity contribution in [2.75, 3.05) is 20.6 Å². The van der Waals surface area contributed by atoms with Gasteiger partial charge in [-0.2, -0.15) is 5.57 Å². The molecule has 0 aromatic carbocycles. The molecule has 0 spiro atoms. The minimum absolute atomic E-state index is 0. The molecule has 0 N–H and O–H groups in total. The van der Waals surface area contributed by atoms with Gasteiger partial charge >= 0.3 is 21.7 Å². The number of hydrogen-bond acceptors (Lipinski definition) is 1. The van der Waals surface area contributed by atoms with Gasteiger partial charge in [-0.25, -0.2) is 11.6 Å². The fourth-order valence-corrected chi connectivity index (χ4v) is 1.62. The smallest absolute Gasteiger partial charge is 0.339 e. The predicted octanol–water partition coefficient (Wildman–Crippen LogP) is 5.36. The Bertz CT molecular complexity index is 289. The maximum Gasteiger partial charge on any atom is 2.00 e. The van der Waals surface area contributed by atoms with Gasteiger partial charge in [-0.15, -0.1) is 37.8 Å². The SMILES string of the molecule is CCC(C)C1=[C-]CC(C(C)CC)=C1.Cl.Cl.[CH2-]CN(C)C.[Ti+2]. The monoisotopic (exact) mass is 369 g/mol. The van der Waals surface area contributed by atoms with E-state index in [1.54, 1.807) is 5.57 Å². The van der Waals surface area contributed by atoms with Crippen LogP contribution in [0.1, 0.15) is 47.0 Å². The summed E-state index contributed by atoms with van der Waals surface area (Å²) in [6, 6.07) is 0. The molecule has 124 valence electrons. The minimum atomic E-state index is 0. The van der Waals surface area contributed by atoms with Crippen molar-refractivity contribution in [3.8, 4) is 0 Å². The molecule has 0 saturated carbocycles. The first kappa shape index (κ1) is 29.7. The van der Waals surface area contributed by atoms with E-state index in [4.69, 9.17) is 0 Å². The van der Waals surface area contributed by atoms with Gasteiger partial charge in [0.05, 0.1) is 0 Å². The van der Waals surface area contributed by atoms with Crippen molar-refractivity contribution < 1.29 is 21.7 Å². The van der Waals surface area contributed by atoms with Crippen molar-refractivity contribution in [2.45, 2.75) is 47.0 Å². The van der Waals surface area contributed by atoms with Gasteiger partial charge in [0.2, 0.25) is 0 Å². The maximum absolute atomic E-state index is 3.61. The zero-order valence-corrected chi connectivity index (χ0v) is 17.7. The van der Waals surface area contributed by atoms with E-state index in [1.165, 1.54) is 18.4 Å². The van der Waals surface area contributed by atoms with Gasteiger partial charge < -0.3 is 11.8 Å². The molecule has 1 aliphatic carbocycles. The molecule has 1 rings (SSSR count). The molecule has 0 aromatic heterocycles. The van der Waals surface area contributed by atoms with Crippen molar-refractivity contribution >= 4 is 24.8 Å². The van der Waals surface area contributed by atoms with E-state index < -0.39 is 0 Å². The van der Waals surface area contributed by atoms with E-state index in [0.29, 0.717) is 5.92 Å². The molecule has 0 saturated heterocycles. The quantitative estimate of drug-likeness (QED) is 0.465. The number of rotatable bonds is 5. The summed E-state index contributed by atoms with van der Waals surface area (Å²) in [6.07, 6.45) is 9.43. The van der Waals surface area contributed by atoms with Gasteiger partial charge in [-0.1, -0.05) is 46.5 Å². The molecule has 0 bridgehead atoms. The molecule has 0 aliphatic heterocycles. The zero-order chi connectivity index (χ0) is 14.1. The second-order valence-electron chi connectivity index (χ2n) is 5.45. The van der Waals surface area contributed by atoms with Gasteiger partial charge in [-0.05, 0) is 20.0 Å². The molecule has 1 aliphatic rings. The summed E-state index contributed by atoms with van der Waals surface area (Å²) < 4.78 is 0. The molecule has 2 unspecified atom stereocenters. The van der Waals surface area contributed by atoms with Crippen molar-refractivity contribution in [3.63, 3.8) is 0 Å². The van der Waals surface area contributed by atoms with Crippen LogP contribution in [0.15, 0.2) is 17.2 Å². The van der Waals surface area contributed by atoms with E-state index >= 15 is 0 Å². The third-order valence-electron chi connectivity index (χ3n) is 3.67. The predicted molar refractivity (Wildman–Crippen MR) is 96.8 cm³/mol. The molecule has 0 heterocycles. The van der Waals surface area contributed by atoms with Gasteiger partial charge in [0.25, 0.3) is 0 Å². The van der Waals surface area contributed by atoms with Crippen LogP contribution in [0.3, 0.4) is 0 Å². The molecule has 1 nitrogen and oxygen atoms in total. The molecule has 2 atom stereocenters. The number of halogens is 2. The van der Waals surface area contributed by atoms with Gasteiger partial charge in [0, 0.05) is 0 Å². The van der Waals surface area contributed by atoms with Crippen LogP contribution in [0.25, 0.3) is 0 Å². The van der Waals surface area contributed by atoms with Crippen LogP contribution in [-0.2, 0) is 21.7 Å². The minimum Gasteiger partial charge on any atom is -0.339 e. The first-order valence-corrected chi connectivity index (χ1v) is 7.21. The number of allylic oxidation sites excluding steroid dienone is 4. The Kier molecular flexibility index (Phi) is 24.2. The van der Waals surface area contributed by atoms with Crippen molar-refractivity contribution in [1.29, 1.82) is 0 Å². The molecular weight excluding hydrogens is 337 g/mol. The average molecular weight is 370 g/mol. The topological polar surface area (TPSA) is 3.24 Å². The standard InChI is InChI=1S/C13H21.C4H10N.2ClH.Ti/c1-5-10(3)12-7-8-13(9-12)11(4)6-2;1-4-5(2)3;;;/h9-11H,5-7H2,1-4H3;1,4H2,2-3H3;2*1H;/q2*-1;;;+2. The summed E-state index contributed by atoms with van der Waals surface area (Å²) >= 11 is 0. The van der Waals surface area contributed by atoms with Crippen LogP contribution in [-0.4, -0.2) is 25.5 Å². The van der Waals surface area contributed by atoms with Crippen molar-refractivity contribution in [1.82, 2.24) is 4.90 Å². The van der Waals surface area contributed by atoms with Crippen LogP contribution in [0, 0.1) is 24.8 Å². The fourth-order valence-electron chi connectivity index (χ4n) is 1.62. The first-order chi connectivity index (χ1) is 8.46. The Morgan fingerprint density at radius 2 is 1.57 bits per heavy atom. The Morgan fingerprint density at radius 3 is 1.90 bits per heavy atom. The average Bonchev–Trinajstić information content (AvgIpc) is 2.87. The normalized spacial score (nSPS) is 15.2. The summed E-state index contributed by atoms with van der Waals surface area (Å²) in [7, 11) is 3.99. The summed E-state index contributed by atoms with van der Waals surface area (Å²) in [4.78, 5) is 2.01. The summed E-state index contributed by atoms with van der Waals surface area (Å²) in [5, 5.41) is 0. The zero-order valence-electron chi connectivity index (χ0n) is 14.5. The maximum atomic E-state index is 3.61. The van der Waals surface area contributed by atoms with Crippen molar-refractivity contribution in [3.05, 3.63) is 30.2 Å². The molecule has 0 fully saturated rings. The van der Waals surface area contributed by atoms with Crippen LogP contribution in [0.4, 0.5) is 0 Å². The number of nitrogens with zero attached hydrogens (tertiary/aromatic N) is 1. The molecule has 0 amide bonds. The summed E-state index contributed by atoms with van der Waals surface area (Å²) in [6.45, 7) is 13.6. The van der Waals surface area contributed by atoms with Crippen molar-refractivity contribution in [2.24, 2.45) is 11.8 Å². The largest absolute Gasteiger partial charge is 2.00 e. The van der Waals surface area contributed by atoms with E-state index in [2.05, 4.69) is 46.8 Å². The van der Waals surface area contributed by atoms with Crippen LogP contribution >= 0.6 is 24.8 Å². The molecule has 21 heavy (non-hydrogen) atoms. The molecule has 0 aromatic rings. The van der Waals surface area contributed by atoms with E-state index in [0.717, 1.165) is 18.9 Å². The molecule has 0 radical (unpaired) electrons. The van der Waals surface area contributed by atoms with E-state index in [9.17, 15) is 0 Å². The number of hydrogen-bond donors (Lipinski definition) is 0. The third-order valence-corrected chi connectivity index (χ3v) is 3.67. The first-order valence-electron chi connectivity index (χ1n) is 7.21. The van der Waals surface area contributed by atoms with Crippen LogP contribution in [0.5, 0.6) is 0 Å². The summed E-state index contributed by atoms with van der Waals surface area (Å²) in [5.74, 6) is 1.44.